The SMILES string of the molecule is Cc1cc(F)cc(OC2CCN(c3c(C#N)c(=O)n(C)c4ccc(Cl)nc34)CC2)c1. The zero-order valence-corrected chi connectivity index (χ0v) is 17.4. The van der Waals surface area contributed by atoms with Crippen LogP contribution in [-0.2, 0) is 7.05 Å². The average molecular weight is 427 g/mol. The summed E-state index contributed by atoms with van der Waals surface area (Å²) in [7, 11) is 1.62. The molecule has 8 heteroatoms. The van der Waals surface area contributed by atoms with Crippen LogP contribution in [0.1, 0.15) is 24.0 Å². The molecule has 3 aromatic rings. The van der Waals surface area contributed by atoms with Gasteiger partial charge in [-0.05, 0) is 36.8 Å². The van der Waals surface area contributed by atoms with E-state index < -0.39 is 0 Å². The number of hydrogen-bond donors (Lipinski definition) is 0. The molecule has 6 nitrogen and oxygen atoms in total. The van der Waals surface area contributed by atoms with Gasteiger partial charge in [-0.1, -0.05) is 11.6 Å². The van der Waals surface area contributed by atoms with E-state index in [-0.39, 0.29) is 23.0 Å². The molecule has 4 rings (SSSR count). The number of aromatic nitrogens is 2. The highest BCUT2D eigenvalue weighted by atomic mass is 35.5. The summed E-state index contributed by atoms with van der Waals surface area (Å²) in [5, 5.41) is 9.97. The second-order valence-corrected chi connectivity index (χ2v) is 7.86. The van der Waals surface area contributed by atoms with Crippen LogP contribution in [0, 0.1) is 24.1 Å². The minimum absolute atomic E-state index is 0.0555. The lowest BCUT2D eigenvalue weighted by Gasteiger charge is -2.34. The normalized spacial score (nSPS) is 14.7. The fraction of sp³-hybridized carbons (Fsp3) is 0.318. The van der Waals surface area contributed by atoms with Gasteiger partial charge < -0.3 is 14.2 Å². The molecule has 1 aliphatic rings. The maximum Gasteiger partial charge on any atom is 0.270 e. The van der Waals surface area contributed by atoms with Crippen molar-refractivity contribution in [1.82, 2.24) is 9.55 Å². The maximum atomic E-state index is 13.6. The van der Waals surface area contributed by atoms with Crippen LogP contribution in [0.2, 0.25) is 5.15 Å². The molecule has 0 bridgehead atoms. The van der Waals surface area contributed by atoms with Gasteiger partial charge in [0.05, 0.1) is 11.2 Å². The van der Waals surface area contributed by atoms with Crippen LogP contribution >= 0.6 is 11.6 Å². The third-order valence-corrected chi connectivity index (χ3v) is 5.58. The molecule has 0 unspecified atom stereocenters. The first-order valence-corrected chi connectivity index (χ1v) is 10.0. The summed E-state index contributed by atoms with van der Waals surface area (Å²) in [6, 6.07) is 10.1. The molecule has 3 heterocycles. The van der Waals surface area contributed by atoms with E-state index in [2.05, 4.69) is 4.98 Å². The number of piperidine rings is 1. The lowest BCUT2D eigenvalue weighted by atomic mass is 10.0. The minimum atomic E-state index is -0.363. The minimum Gasteiger partial charge on any atom is -0.490 e. The molecule has 30 heavy (non-hydrogen) atoms. The molecule has 0 amide bonds. The van der Waals surface area contributed by atoms with Crippen LogP contribution in [0.15, 0.2) is 35.1 Å². The van der Waals surface area contributed by atoms with Gasteiger partial charge in [0.2, 0.25) is 0 Å². The second kappa shape index (κ2) is 7.96. The van der Waals surface area contributed by atoms with Gasteiger partial charge >= 0.3 is 0 Å². The Balaban J connectivity index is 1.63. The number of aryl methyl sites for hydroxylation is 2. The first kappa shape index (κ1) is 20.2. The van der Waals surface area contributed by atoms with Crippen molar-refractivity contribution in [3.8, 4) is 11.8 Å². The van der Waals surface area contributed by atoms with Gasteiger partial charge in [-0.15, -0.1) is 0 Å². The topological polar surface area (TPSA) is 71.2 Å². The quantitative estimate of drug-likeness (QED) is 0.593. The van der Waals surface area contributed by atoms with E-state index in [1.54, 1.807) is 19.2 Å². The largest absolute Gasteiger partial charge is 0.490 e. The Morgan fingerprint density at radius 3 is 2.67 bits per heavy atom. The van der Waals surface area contributed by atoms with Crippen LogP contribution in [0.25, 0.3) is 11.0 Å². The first-order chi connectivity index (χ1) is 14.4. The summed E-state index contributed by atoms with van der Waals surface area (Å²) in [6.07, 6.45) is 1.25. The number of nitriles is 1. The van der Waals surface area contributed by atoms with Crippen LogP contribution in [-0.4, -0.2) is 28.7 Å². The van der Waals surface area contributed by atoms with Crippen LogP contribution in [0.4, 0.5) is 10.1 Å². The van der Waals surface area contributed by atoms with Crippen molar-refractivity contribution in [2.75, 3.05) is 18.0 Å². The van der Waals surface area contributed by atoms with E-state index in [1.165, 1.54) is 16.7 Å². The van der Waals surface area contributed by atoms with E-state index in [1.807, 2.05) is 24.0 Å². The molecule has 1 saturated heterocycles. The Kier molecular flexibility index (Phi) is 5.35. The summed E-state index contributed by atoms with van der Waals surface area (Å²) in [4.78, 5) is 19.1. The predicted molar refractivity (Wildman–Crippen MR) is 114 cm³/mol. The number of ether oxygens (including phenoxy) is 1. The smallest absolute Gasteiger partial charge is 0.270 e. The van der Waals surface area contributed by atoms with Gasteiger partial charge in [-0.25, -0.2) is 9.37 Å². The predicted octanol–water partition coefficient (Wildman–Crippen LogP) is 3.95. The van der Waals surface area contributed by atoms with Gasteiger partial charge in [-0.2, -0.15) is 5.26 Å². The van der Waals surface area contributed by atoms with E-state index >= 15 is 0 Å². The highest BCUT2D eigenvalue weighted by Gasteiger charge is 2.27. The lowest BCUT2D eigenvalue weighted by Crippen LogP contribution is -2.40. The van der Waals surface area contributed by atoms with E-state index in [0.29, 0.717) is 53.6 Å². The van der Waals surface area contributed by atoms with Crippen molar-refractivity contribution in [3.63, 3.8) is 0 Å². The van der Waals surface area contributed by atoms with Crippen molar-refractivity contribution in [2.24, 2.45) is 7.05 Å². The van der Waals surface area contributed by atoms with Gasteiger partial charge in [0.15, 0.2) is 0 Å². The van der Waals surface area contributed by atoms with E-state index in [0.717, 1.165) is 5.56 Å². The number of anilines is 1. The number of halogens is 2. The molecule has 0 saturated carbocycles. The highest BCUT2D eigenvalue weighted by Crippen LogP contribution is 2.31. The molecular weight excluding hydrogens is 407 g/mol. The molecule has 1 aromatic carbocycles. The number of hydrogen-bond acceptors (Lipinski definition) is 5. The van der Waals surface area contributed by atoms with Crippen LogP contribution < -0.4 is 15.2 Å². The van der Waals surface area contributed by atoms with Crippen LogP contribution in [0.5, 0.6) is 5.75 Å². The standard InChI is InChI=1S/C22H20ClFN4O2/c1-13-9-14(24)11-16(10-13)30-15-5-7-28(8-6-15)21-17(12-25)22(29)27(2)18-3-4-19(23)26-20(18)21/h3-4,9-11,15H,5-8H2,1-2H3. The molecule has 0 atom stereocenters. The van der Waals surface area contributed by atoms with Gasteiger partial charge in [0, 0.05) is 39.0 Å². The summed E-state index contributed by atoms with van der Waals surface area (Å²) in [5.74, 6) is 0.187. The summed E-state index contributed by atoms with van der Waals surface area (Å²) < 4.78 is 21.0. The number of rotatable bonds is 3. The number of fused-ring (bicyclic) bond motifs is 1. The number of pyridine rings is 2. The van der Waals surface area contributed by atoms with Gasteiger partial charge in [0.1, 0.15) is 40.0 Å². The number of benzene rings is 1. The van der Waals surface area contributed by atoms with Gasteiger partial charge in [-0.3, -0.25) is 4.79 Å². The fourth-order valence-electron chi connectivity index (χ4n) is 3.94. The Bertz CT molecular complexity index is 1210. The van der Waals surface area contributed by atoms with Crippen molar-refractivity contribution in [3.05, 3.63) is 62.8 Å². The molecular formula is C22H20ClFN4O2. The maximum absolute atomic E-state index is 13.6. The van der Waals surface area contributed by atoms with Gasteiger partial charge in [0.25, 0.3) is 5.56 Å². The third kappa shape index (κ3) is 3.71. The molecule has 0 spiro atoms. The fourth-order valence-corrected chi connectivity index (χ4v) is 4.09. The molecule has 0 radical (unpaired) electrons. The first-order valence-electron chi connectivity index (χ1n) is 9.65. The summed E-state index contributed by atoms with van der Waals surface area (Å²) in [6.45, 7) is 2.97. The highest BCUT2D eigenvalue weighted by molar-refractivity contribution is 6.29. The van der Waals surface area contributed by atoms with Crippen LogP contribution in [0.3, 0.4) is 0 Å². The Labute approximate surface area is 178 Å². The second-order valence-electron chi connectivity index (χ2n) is 7.47. The third-order valence-electron chi connectivity index (χ3n) is 5.37. The Morgan fingerprint density at radius 1 is 1.27 bits per heavy atom. The summed E-state index contributed by atoms with van der Waals surface area (Å²) in [5.41, 5.74) is 2.15. The molecule has 154 valence electrons. The van der Waals surface area contributed by atoms with Crippen molar-refractivity contribution in [1.29, 1.82) is 5.26 Å². The molecule has 0 N–H and O–H groups in total. The molecule has 1 aliphatic heterocycles. The molecule has 0 aliphatic carbocycles. The van der Waals surface area contributed by atoms with Crippen molar-refractivity contribution in [2.45, 2.75) is 25.9 Å². The van der Waals surface area contributed by atoms with Crippen molar-refractivity contribution < 1.29 is 9.13 Å². The average Bonchev–Trinajstić information content (AvgIpc) is 2.70. The van der Waals surface area contributed by atoms with Crippen molar-refractivity contribution >= 4 is 28.3 Å². The zero-order valence-electron chi connectivity index (χ0n) is 16.7. The number of nitrogens with zero attached hydrogens (tertiary/aromatic N) is 4. The Morgan fingerprint density at radius 2 is 2.00 bits per heavy atom. The van der Waals surface area contributed by atoms with E-state index in [9.17, 15) is 14.4 Å². The Hall–Kier alpha value is -3.11. The summed E-state index contributed by atoms with van der Waals surface area (Å²) >= 11 is 6.11. The zero-order chi connectivity index (χ0) is 21.4. The monoisotopic (exact) mass is 426 g/mol. The molecule has 2 aromatic heterocycles. The van der Waals surface area contributed by atoms with E-state index in [4.69, 9.17) is 16.3 Å². The molecule has 1 fully saturated rings. The lowest BCUT2D eigenvalue weighted by molar-refractivity contribution is 0.170.